The molecule has 13 rings (SSSR count). The molecule has 0 aliphatic carbocycles. The maximum Gasteiger partial charge on any atom is 0.252 e. The minimum Gasteiger partial charge on any atom is -0.310 e. The standard InChI is InChI=1S/C66H44BF2N3/c68-58-37-16-13-30-52(58)54-34-19-32-50(45-22-5-1-6-23-45)65(54)71-60-39-18-15-36-56(60)67-57-43-42-49(70(47-26-9-3-10-27-47)48-28-11-4-12-29-48)44-63(57)72(62-41-21-40-61(71)64(62)67)66-51(46-24-7-2-8-25-46)33-20-35-55(66)53-31-14-17-38-59(53)69/h1-44H. The van der Waals surface area contributed by atoms with E-state index in [9.17, 15) is 0 Å². The van der Waals surface area contributed by atoms with Gasteiger partial charge in [-0.3, -0.25) is 0 Å². The highest BCUT2D eigenvalue weighted by molar-refractivity contribution is 7.00. The summed E-state index contributed by atoms with van der Waals surface area (Å²) in [6, 6.07) is 90.4. The fourth-order valence-corrected chi connectivity index (χ4v) is 11.2. The summed E-state index contributed by atoms with van der Waals surface area (Å²) in [5.74, 6) is -0.600. The maximum atomic E-state index is 16.6. The van der Waals surface area contributed by atoms with Crippen LogP contribution in [0.4, 0.5) is 60.0 Å². The molecule has 0 aromatic heterocycles. The lowest BCUT2D eigenvalue weighted by Gasteiger charge is -2.45. The summed E-state index contributed by atoms with van der Waals surface area (Å²) in [5.41, 5.74) is 18.4. The highest BCUT2D eigenvalue weighted by Gasteiger charge is 2.45. The van der Waals surface area contributed by atoms with Crippen molar-refractivity contribution in [2.45, 2.75) is 0 Å². The number of rotatable bonds is 9. The molecule has 6 heteroatoms. The Morgan fingerprint density at radius 3 is 1.21 bits per heavy atom. The summed E-state index contributed by atoms with van der Waals surface area (Å²) in [4.78, 5) is 7.05. The fourth-order valence-electron chi connectivity index (χ4n) is 11.2. The summed E-state index contributed by atoms with van der Waals surface area (Å²) in [6.07, 6.45) is 0. The lowest BCUT2D eigenvalue weighted by Crippen LogP contribution is -2.61. The average Bonchev–Trinajstić information content (AvgIpc) is 3.44. The molecule has 0 bridgehead atoms. The zero-order valence-electron chi connectivity index (χ0n) is 39.1. The van der Waals surface area contributed by atoms with Gasteiger partial charge in [0.25, 0.3) is 6.71 Å². The Labute approximate surface area is 418 Å². The minimum atomic E-state index is -0.305. The highest BCUT2D eigenvalue weighted by atomic mass is 19.1. The molecule has 11 aromatic carbocycles. The summed E-state index contributed by atoms with van der Waals surface area (Å²) in [6.45, 7) is -0.229. The number of halogens is 2. The first kappa shape index (κ1) is 42.8. The Morgan fingerprint density at radius 1 is 0.292 bits per heavy atom. The molecule has 340 valence electrons. The van der Waals surface area contributed by atoms with Crippen molar-refractivity contribution in [3.63, 3.8) is 0 Å². The monoisotopic (exact) mass is 927 g/mol. The van der Waals surface area contributed by atoms with Crippen LogP contribution in [-0.2, 0) is 0 Å². The smallest absolute Gasteiger partial charge is 0.252 e. The zero-order valence-corrected chi connectivity index (χ0v) is 39.1. The second-order valence-electron chi connectivity index (χ2n) is 18.2. The van der Waals surface area contributed by atoms with E-state index in [-0.39, 0.29) is 18.3 Å². The van der Waals surface area contributed by atoms with Crippen molar-refractivity contribution in [3.8, 4) is 44.5 Å². The maximum absolute atomic E-state index is 16.6. The predicted molar refractivity (Wildman–Crippen MR) is 297 cm³/mol. The lowest BCUT2D eigenvalue weighted by atomic mass is 9.33. The van der Waals surface area contributed by atoms with Gasteiger partial charge in [0.15, 0.2) is 0 Å². The van der Waals surface area contributed by atoms with E-state index in [2.05, 4.69) is 185 Å². The summed E-state index contributed by atoms with van der Waals surface area (Å²) in [7, 11) is 0. The van der Waals surface area contributed by atoms with Gasteiger partial charge in [0.1, 0.15) is 11.6 Å². The first-order valence-electron chi connectivity index (χ1n) is 24.4. The second kappa shape index (κ2) is 17.9. The third-order valence-corrected chi connectivity index (χ3v) is 14.2. The van der Waals surface area contributed by atoms with Crippen LogP contribution in [0, 0.1) is 11.6 Å². The van der Waals surface area contributed by atoms with Gasteiger partial charge in [-0.15, -0.1) is 0 Å². The second-order valence-corrected chi connectivity index (χ2v) is 18.2. The Bertz CT molecular complexity index is 3770. The third kappa shape index (κ3) is 7.10. The molecule has 0 N–H and O–H groups in total. The molecule has 0 spiro atoms. The Hall–Kier alpha value is -9.26. The lowest BCUT2D eigenvalue weighted by molar-refractivity contribution is 0.631. The Kier molecular flexibility index (Phi) is 10.7. The van der Waals surface area contributed by atoms with Crippen molar-refractivity contribution in [2.75, 3.05) is 14.7 Å². The molecule has 0 amide bonds. The molecule has 72 heavy (non-hydrogen) atoms. The molecule has 2 aliphatic rings. The van der Waals surface area contributed by atoms with E-state index in [4.69, 9.17) is 0 Å². The molecular weight excluding hydrogens is 884 g/mol. The van der Waals surface area contributed by atoms with Crippen molar-refractivity contribution in [3.05, 3.63) is 279 Å². The summed E-state index contributed by atoms with van der Waals surface area (Å²) >= 11 is 0. The SMILES string of the molecule is Fc1ccccc1-c1cccc(-c2ccccc2)c1N1c2ccccc2B2c3ccc(N(c4ccccc4)c4ccccc4)cc3N(c3c(-c4ccccc4)cccc3-c3ccccc3F)c3cccc1c32. The van der Waals surface area contributed by atoms with Crippen LogP contribution in [-0.4, -0.2) is 6.71 Å². The molecule has 3 nitrogen and oxygen atoms in total. The number of anilines is 9. The van der Waals surface area contributed by atoms with Gasteiger partial charge in [-0.05, 0) is 94.2 Å². The topological polar surface area (TPSA) is 9.72 Å². The highest BCUT2D eigenvalue weighted by Crippen LogP contribution is 2.53. The van der Waals surface area contributed by atoms with E-state index in [0.29, 0.717) is 11.1 Å². The largest absolute Gasteiger partial charge is 0.310 e. The van der Waals surface area contributed by atoms with Crippen LogP contribution in [0.5, 0.6) is 0 Å². The Morgan fingerprint density at radius 2 is 0.681 bits per heavy atom. The number of benzene rings is 11. The molecule has 11 aromatic rings. The van der Waals surface area contributed by atoms with Crippen molar-refractivity contribution < 1.29 is 8.78 Å². The minimum absolute atomic E-state index is 0.229. The van der Waals surface area contributed by atoms with Crippen molar-refractivity contribution in [2.24, 2.45) is 0 Å². The van der Waals surface area contributed by atoms with Crippen LogP contribution in [0.1, 0.15) is 0 Å². The van der Waals surface area contributed by atoms with E-state index < -0.39 is 0 Å². The van der Waals surface area contributed by atoms with Gasteiger partial charge >= 0.3 is 0 Å². The van der Waals surface area contributed by atoms with Crippen LogP contribution < -0.4 is 31.1 Å². The van der Waals surface area contributed by atoms with Gasteiger partial charge < -0.3 is 14.7 Å². The summed E-state index contributed by atoms with van der Waals surface area (Å²) < 4.78 is 33.0. The van der Waals surface area contributed by atoms with Crippen molar-refractivity contribution in [1.82, 2.24) is 0 Å². The molecule has 0 saturated heterocycles. The van der Waals surface area contributed by atoms with E-state index in [0.717, 1.165) is 101 Å². The van der Waals surface area contributed by atoms with E-state index in [1.54, 1.807) is 18.2 Å². The number of para-hydroxylation sites is 5. The molecule has 2 heterocycles. The number of hydrogen-bond donors (Lipinski definition) is 0. The van der Waals surface area contributed by atoms with Gasteiger partial charge in [-0.1, -0.05) is 200 Å². The summed E-state index contributed by atoms with van der Waals surface area (Å²) in [5, 5.41) is 0. The number of nitrogens with zero attached hydrogens (tertiary/aromatic N) is 3. The van der Waals surface area contributed by atoms with Gasteiger partial charge in [-0.25, -0.2) is 8.78 Å². The fraction of sp³-hybridized carbons (Fsp3) is 0. The van der Waals surface area contributed by atoms with Gasteiger partial charge in [0.2, 0.25) is 0 Å². The molecule has 0 radical (unpaired) electrons. The first-order chi connectivity index (χ1) is 35.6. The number of hydrogen-bond acceptors (Lipinski definition) is 3. The number of fused-ring (bicyclic) bond motifs is 4. The van der Waals surface area contributed by atoms with Gasteiger partial charge in [-0.2, -0.15) is 0 Å². The average molecular weight is 928 g/mol. The normalized spacial score (nSPS) is 12.2. The predicted octanol–water partition coefficient (Wildman–Crippen LogP) is 16.2. The van der Waals surface area contributed by atoms with Crippen LogP contribution in [0.3, 0.4) is 0 Å². The molecular formula is C66H44BF2N3. The Balaban J connectivity index is 1.15. The van der Waals surface area contributed by atoms with Crippen LogP contribution in [0.2, 0.25) is 0 Å². The molecule has 0 saturated carbocycles. The zero-order chi connectivity index (χ0) is 48.1. The van der Waals surface area contributed by atoms with E-state index in [1.165, 1.54) is 6.07 Å². The third-order valence-electron chi connectivity index (χ3n) is 14.2. The van der Waals surface area contributed by atoms with E-state index in [1.807, 2.05) is 72.8 Å². The van der Waals surface area contributed by atoms with Gasteiger partial charge in [0, 0.05) is 73.2 Å². The van der Waals surface area contributed by atoms with Crippen LogP contribution in [0.15, 0.2) is 267 Å². The molecule has 0 fully saturated rings. The van der Waals surface area contributed by atoms with Crippen LogP contribution in [0.25, 0.3) is 44.5 Å². The van der Waals surface area contributed by atoms with Crippen LogP contribution >= 0.6 is 0 Å². The van der Waals surface area contributed by atoms with Crippen molar-refractivity contribution >= 4 is 74.3 Å². The molecule has 0 unspecified atom stereocenters. The first-order valence-corrected chi connectivity index (χ1v) is 24.4. The van der Waals surface area contributed by atoms with Gasteiger partial charge in [0.05, 0.1) is 11.4 Å². The molecule has 0 atom stereocenters. The molecule has 2 aliphatic heterocycles. The quantitative estimate of drug-likeness (QED) is 0.134. The van der Waals surface area contributed by atoms with Crippen molar-refractivity contribution in [1.29, 1.82) is 0 Å². The van der Waals surface area contributed by atoms with E-state index >= 15 is 8.78 Å².